The van der Waals surface area contributed by atoms with Crippen LogP contribution in [0.4, 0.5) is 24.9 Å². The summed E-state index contributed by atoms with van der Waals surface area (Å²) in [5.74, 6) is -2.05. The first-order chi connectivity index (χ1) is 20.4. The first kappa shape index (κ1) is 30.1. The van der Waals surface area contributed by atoms with E-state index >= 15 is 0 Å². The number of nitrogens with one attached hydrogen (secondary N) is 1. The lowest BCUT2D eigenvalue weighted by Crippen LogP contribution is -2.41. The lowest BCUT2D eigenvalue weighted by atomic mass is 9.76. The average molecular weight is 604 g/mol. The van der Waals surface area contributed by atoms with Gasteiger partial charge in [0.25, 0.3) is 0 Å². The van der Waals surface area contributed by atoms with Crippen molar-refractivity contribution in [2.24, 2.45) is 5.41 Å². The number of nitrogens with zero attached hydrogens (tertiary/aromatic N) is 5. The largest absolute Gasteiger partial charge is 0.480 e. The Labute approximate surface area is 245 Å². The summed E-state index contributed by atoms with van der Waals surface area (Å²) < 4.78 is 55.9. The average Bonchev–Trinajstić information content (AvgIpc) is 3.57. The predicted octanol–water partition coefficient (Wildman–Crippen LogP) is 3.45. The van der Waals surface area contributed by atoms with Crippen LogP contribution in [0.2, 0.25) is 0 Å². The maximum Gasteiger partial charge on any atom is 0.429 e. The summed E-state index contributed by atoms with van der Waals surface area (Å²) in [7, 11) is 0. The Balaban J connectivity index is 1.45. The number of nitrogen functional groups attached to an aromatic ring is 1. The molecule has 0 bridgehead atoms. The molecule has 0 radical (unpaired) electrons. The second-order valence-corrected chi connectivity index (χ2v) is 10.8. The number of hydrogen-bond donors (Lipinski definition) is 3. The van der Waals surface area contributed by atoms with Crippen molar-refractivity contribution in [1.82, 2.24) is 25.1 Å². The van der Waals surface area contributed by atoms with E-state index in [4.69, 9.17) is 15.2 Å². The van der Waals surface area contributed by atoms with Crippen molar-refractivity contribution in [2.75, 3.05) is 36.9 Å². The van der Waals surface area contributed by atoms with Crippen LogP contribution in [0.1, 0.15) is 53.9 Å². The molecule has 4 heterocycles. The van der Waals surface area contributed by atoms with E-state index in [1.807, 2.05) is 4.90 Å². The molecule has 12 nitrogen and oxygen atoms in total. The number of aromatic nitrogens is 4. The van der Waals surface area contributed by atoms with Gasteiger partial charge in [0.1, 0.15) is 11.9 Å². The SMILES string of the molecule is CCOC(=O)c1ccc(-n2ccc(C)n2)c([C@@H](Oc2cc(N3CCC4(CC3)CNC(C(=O)O)C4)nc(N)n2)C(F)(F)F)c1. The van der Waals surface area contributed by atoms with Crippen molar-refractivity contribution >= 4 is 23.7 Å². The number of piperidine rings is 1. The first-order valence-corrected chi connectivity index (χ1v) is 13.8. The molecule has 1 unspecified atom stereocenters. The minimum atomic E-state index is -4.93. The smallest absolute Gasteiger partial charge is 0.429 e. The van der Waals surface area contributed by atoms with Crippen molar-refractivity contribution in [3.8, 4) is 11.6 Å². The third-order valence-electron chi connectivity index (χ3n) is 7.84. The van der Waals surface area contributed by atoms with E-state index in [1.165, 1.54) is 29.1 Å². The minimum Gasteiger partial charge on any atom is -0.480 e. The van der Waals surface area contributed by atoms with Gasteiger partial charge in [-0.1, -0.05) is 0 Å². The molecule has 2 aliphatic rings. The Morgan fingerprint density at radius 2 is 1.95 bits per heavy atom. The van der Waals surface area contributed by atoms with E-state index < -0.39 is 36.1 Å². The predicted molar refractivity (Wildman–Crippen MR) is 148 cm³/mol. The van der Waals surface area contributed by atoms with Gasteiger partial charge in [0.2, 0.25) is 17.9 Å². The van der Waals surface area contributed by atoms with Gasteiger partial charge in [-0.25, -0.2) is 9.48 Å². The standard InChI is InChI=1S/C28H32F3N7O5/c1-3-42-25(41)17-4-5-20(38-9-6-16(2)36-38)18(12-17)23(28(29,30)31)43-22-13-21(34-26(32)35-22)37-10-7-27(8-11-37)14-19(24(39)40)33-15-27/h4-6,9,12-13,19,23,33H,3,7-8,10-11,14-15H2,1-2H3,(H,39,40)(H2,32,34,35)/t19?,23-/m1/s1. The molecular formula is C28H32F3N7O5. The number of aryl methyl sites for hydroxylation is 1. The molecule has 3 aromatic rings. The molecule has 0 aliphatic carbocycles. The minimum absolute atomic E-state index is 0.0464. The zero-order valence-electron chi connectivity index (χ0n) is 23.6. The van der Waals surface area contributed by atoms with Crippen LogP contribution in [0.25, 0.3) is 5.69 Å². The highest BCUT2D eigenvalue weighted by Gasteiger charge is 2.46. The summed E-state index contributed by atoms with van der Waals surface area (Å²) in [6, 6.07) is 6.13. The van der Waals surface area contributed by atoms with Crippen LogP contribution in [-0.4, -0.2) is 75.3 Å². The number of esters is 1. The van der Waals surface area contributed by atoms with Gasteiger partial charge in [0, 0.05) is 37.5 Å². The highest BCUT2D eigenvalue weighted by atomic mass is 19.4. The highest BCUT2D eigenvalue weighted by molar-refractivity contribution is 5.90. The van der Waals surface area contributed by atoms with E-state index in [-0.39, 0.29) is 34.8 Å². The molecule has 15 heteroatoms. The fraction of sp³-hybridized carbons (Fsp3) is 0.464. The summed E-state index contributed by atoms with van der Waals surface area (Å²) in [5, 5.41) is 16.7. The Morgan fingerprint density at radius 3 is 2.56 bits per heavy atom. The molecule has 5 rings (SSSR count). The molecule has 1 aromatic carbocycles. The van der Waals surface area contributed by atoms with Crippen LogP contribution in [0.15, 0.2) is 36.5 Å². The van der Waals surface area contributed by atoms with Crippen molar-refractivity contribution in [3.63, 3.8) is 0 Å². The van der Waals surface area contributed by atoms with Crippen LogP contribution in [0.3, 0.4) is 0 Å². The maximum absolute atomic E-state index is 14.7. The normalized spacial score (nSPS) is 18.9. The van der Waals surface area contributed by atoms with Gasteiger partial charge in [-0.2, -0.15) is 28.2 Å². The lowest BCUT2D eigenvalue weighted by molar-refractivity contribution is -0.198. The topological polar surface area (TPSA) is 158 Å². The van der Waals surface area contributed by atoms with Crippen molar-refractivity contribution in [3.05, 3.63) is 53.3 Å². The van der Waals surface area contributed by atoms with Gasteiger partial charge in [-0.15, -0.1) is 0 Å². The monoisotopic (exact) mass is 603 g/mol. The van der Waals surface area contributed by atoms with Gasteiger partial charge >= 0.3 is 18.1 Å². The van der Waals surface area contributed by atoms with Crippen LogP contribution in [0, 0.1) is 12.3 Å². The third-order valence-corrected chi connectivity index (χ3v) is 7.84. The number of nitrogens with two attached hydrogens (primary N) is 1. The third kappa shape index (κ3) is 6.50. The van der Waals surface area contributed by atoms with Crippen molar-refractivity contribution in [2.45, 2.75) is 51.4 Å². The number of aliphatic carboxylic acids is 1. The summed E-state index contributed by atoms with van der Waals surface area (Å²) in [6.45, 7) is 4.91. The second-order valence-electron chi connectivity index (χ2n) is 10.8. The number of anilines is 2. The molecule has 2 aromatic heterocycles. The van der Waals surface area contributed by atoms with Crippen molar-refractivity contribution < 1.29 is 37.3 Å². The molecular weight excluding hydrogens is 571 g/mol. The van der Waals surface area contributed by atoms with Crippen molar-refractivity contribution in [1.29, 1.82) is 0 Å². The van der Waals surface area contributed by atoms with Gasteiger partial charge in [0.15, 0.2) is 0 Å². The highest BCUT2D eigenvalue weighted by Crippen LogP contribution is 2.42. The summed E-state index contributed by atoms with van der Waals surface area (Å²) in [4.78, 5) is 33.9. The number of ether oxygens (including phenoxy) is 2. The van der Waals surface area contributed by atoms with Gasteiger partial charge in [-0.3, -0.25) is 4.79 Å². The van der Waals surface area contributed by atoms with Crippen LogP contribution in [-0.2, 0) is 9.53 Å². The molecule has 2 atom stereocenters. The number of halogens is 3. The van der Waals surface area contributed by atoms with Crippen LogP contribution < -0.4 is 20.7 Å². The number of carbonyl (C=O) groups is 2. The van der Waals surface area contributed by atoms with E-state index in [1.54, 1.807) is 19.9 Å². The first-order valence-electron chi connectivity index (χ1n) is 13.8. The quantitative estimate of drug-likeness (QED) is 0.324. The number of alkyl halides is 3. The van der Waals surface area contributed by atoms with Gasteiger partial charge in [0.05, 0.1) is 23.6 Å². The fourth-order valence-electron chi connectivity index (χ4n) is 5.63. The van der Waals surface area contributed by atoms with E-state index in [9.17, 15) is 27.9 Å². The molecule has 0 amide bonds. The Kier molecular flexibility index (Phi) is 8.18. The number of rotatable bonds is 8. The second kappa shape index (κ2) is 11.7. The molecule has 1 spiro atoms. The molecule has 43 heavy (non-hydrogen) atoms. The van der Waals surface area contributed by atoms with Gasteiger partial charge in [-0.05, 0) is 62.8 Å². The van der Waals surface area contributed by atoms with Crippen LogP contribution in [0.5, 0.6) is 5.88 Å². The zero-order chi connectivity index (χ0) is 30.9. The summed E-state index contributed by atoms with van der Waals surface area (Å²) >= 11 is 0. The Morgan fingerprint density at radius 1 is 1.21 bits per heavy atom. The summed E-state index contributed by atoms with van der Waals surface area (Å²) in [5.41, 5.74) is 5.91. The molecule has 0 saturated carbocycles. The molecule has 230 valence electrons. The fourth-order valence-corrected chi connectivity index (χ4v) is 5.63. The van der Waals surface area contributed by atoms with E-state index in [0.29, 0.717) is 50.4 Å². The molecule has 2 saturated heterocycles. The Bertz CT molecular complexity index is 1500. The van der Waals surface area contributed by atoms with E-state index in [0.717, 1.165) is 6.07 Å². The lowest BCUT2D eigenvalue weighted by Gasteiger charge is -2.39. The molecule has 2 aliphatic heterocycles. The maximum atomic E-state index is 14.7. The molecule has 2 fully saturated rings. The zero-order valence-corrected chi connectivity index (χ0v) is 23.6. The summed E-state index contributed by atoms with van der Waals surface area (Å²) in [6.07, 6.45) is -4.13. The molecule has 4 N–H and O–H groups in total. The number of hydrogen-bond acceptors (Lipinski definition) is 10. The number of carbonyl (C=O) groups excluding carboxylic acids is 1. The number of benzene rings is 1. The van der Waals surface area contributed by atoms with E-state index in [2.05, 4.69) is 20.4 Å². The number of carboxylic acids is 1. The van der Waals surface area contributed by atoms with Gasteiger partial charge < -0.3 is 30.5 Å². The Hall–Kier alpha value is -4.40. The van der Waals surface area contributed by atoms with Crippen LogP contribution >= 0.6 is 0 Å². The number of carboxylic acid groups (broad SMARTS) is 1.